The van der Waals surface area contributed by atoms with E-state index < -0.39 is 34.2 Å². The van der Waals surface area contributed by atoms with Gasteiger partial charge in [0.15, 0.2) is 38.0 Å². The maximum absolute atomic E-state index is 14.1. The summed E-state index contributed by atoms with van der Waals surface area (Å²) in [7, 11) is -0.898. The molecule has 1 aliphatic heterocycles. The Balaban J connectivity index is 0.000000665. The molecule has 5 rings (SSSR count). The lowest BCUT2D eigenvalue weighted by atomic mass is 10.0. The van der Waals surface area contributed by atoms with Crippen molar-refractivity contribution in [3.63, 3.8) is 0 Å². The third-order valence-electron chi connectivity index (χ3n) is 5.11. The lowest BCUT2D eigenvalue weighted by Gasteiger charge is -2.19. The zero-order valence-electron chi connectivity index (χ0n) is 22.3. The summed E-state index contributed by atoms with van der Waals surface area (Å²) in [5.41, 5.74) is 3.23. The molecule has 0 bridgehead atoms. The Hall–Kier alpha value is -2.41. The van der Waals surface area contributed by atoms with Crippen LogP contribution in [0.25, 0.3) is 11.1 Å². The Morgan fingerprint density at radius 3 is 1.37 bits per heavy atom. The maximum atomic E-state index is 14.1. The van der Waals surface area contributed by atoms with E-state index in [9.17, 15) is 17.6 Å². The highest BCUT2D eigenvalue weighted by Crippen LogP contribution is 2.49. The number of rotatable bonds is 2. The highest BCUT2D eigenvalue weighted by atomic mass is 35.5. The fraction of sp³-hybridized carbons (Fsp3) is 0.226. The van der Waals surface area contributed by atoms with Gasteiger partial charge < -0.3 is 0 Å². The highest BCUT2D eigenvalue weighted by Gasteiger charge is 2.40. The molecule has 7 heteroatoms. The second-order valence-corrected chi connectivity index (χ2v) is 11.1. The average Bonchev–Trinajstić information content (AvgIpc) is 2.93. The molecule has 38 heavy (non-hydrogen) atoms. The summed E-state index contributed by atoms with van der Waals surface area (Å²) in [6, 6.07) is 20.4. The van der Waals surface area contributed by atoms with Gasteiger partial charge in [-0.15, -0.1) is 11.6 Å². The van der Waals surface area contributed by atoms with Crippen LogP contribution in [0.3, 0.4) is 0 Å². The number of hydrogen-bond acceptors (Lipinski definition) is 1. The summed E-state index contributed by atoms with van der Waals surface area (Å²) >= 11 is 6.12. The fourth-order valence-electron chi connectivity index (χ4n) is 3.52. The van der Waals surface area contributed by atoms with Crippen LogP contribution in [0.1, 0.15) is 40.2 Å². The van der Waals surface area contributed by atoms with Crippen LogP contribution in [0.2, 0.25) is 0 Å². The molecule has 202 valence electrons. The second-order valence-electron chi connectivity index (χ2n) is 7.49. The van der Waals surface area contributed by atoms with Crippen LogP contribution < -0.4 is 0 Å². The number of hydrogen-bond donors (Lipinski definition) is 0. The second kappa shape index (κ2) is 15.2. The Kier molecular flexibility index (Phi) is 12.8. The minimum absolute atomic E-state index is 0.503. The van der Waals surface area contributed by atoms with E-state index in [0.717, 1.165) is 45.8 Å². The van der Waals surface area contributed by atoms with E-state index in [4.69, 9.17) is 11.6 Å². The van der Waals surface area contributed by atoms with E-state index in [1.165, 1.54) is 17.7 Å². The van der Waals surface area contributed by atoms with Crippen LogP contribution in [0.4, 0.5) is 17.6 Å². The molecule has 4 aromatic rings. The first-order valence-electron chi connectivity index (χ1n) is 12.5. The number of fused-ring (bicyclic) bond motifs is 2. The van der Waals surface area contributed by atoms with Crippen molar-refractivity contribution in [1.29, 1.82) is 0 Å². The molecule has 0 amide bonds. The fourth-order valence-corrected chi connectivity index (χ4v) is 7.27. The molecule has 1 heterocycles. The molecule has 0 N–H and O–H groups in total. The molecule has 0 fully saturated rings. The monoisotopic (exact) mass is 579 g/mol. The van der Waals surface area contributed by atoms with Gasteiger partial charge in [-0.05, 0) is 54.4 Å². The third-order valence-corrected chi connectivity index (χ3v) is 8.78. The SMILES string of the molecule is CC.CC.CCCl.Cc1ccc(-c2ccc([S+]3c4cc(F)c(F)cc4Sc4cc(F)c(F)cc43)cc2)cc1. The standard InChI is InChI=1S/C25H15F4S2.C2H5Cl.2C2H6/c1-14-2-4-15(5-3-14)16-6-8-17(9-7-16)31-24-12-20(28)18(26)10-22(24)30-23-11-19(27)21(29)13-25(23)31;1-2-3;2*1-2/h2-13H,1H3;2H2,1H3;2*1-2H3/q+1;;;. The molecule has 0 atom stereocenters. The van der Waals surface area contributed by atoms with E-state index in [1.807, 2.05) is 90.1 Å². The number of halogens is 5. The summed E-state index contributed by atoms with van der Waals surface area (Å²) in [4.78, 5) is 2.94. The minimum Gasteiger partial charge on any atom is -0.204 e. The van der Waals surface area contributed by atoms with Crippen molar-refractivity contribution in [1.82, 2.24) is 0 Å². The zero-order chi connectivity index (χ0) is 28.4. The first-order chi connectivity index (χ1) is 18.3. The van der Waals surface area contributed by atoms with E-state index in [1.54, 1.807) is 0 Å². The smallest absolute Gasteiger partial charge is 0.183 e. The van der Waals surface area contributed by atoms with Crippen molar-refractivity contribution >= 4 is 34.3 Å². The summed E-state index contributed by atoms with van der Waals surface area (Å²) < 4.78 is 56.0. The van der Waals surface area contributed by atoms with Crippen LogP contribution in [0.5, 0.6) is 0 Å². The Morgan fingerprint density at radius 2 is 0.974 bits per heavy atom. The third kappa shape index (κ3) is 7.37. The summed E-state index contributed by atoms with van der Waals surface area (Å²) in [6.45, 7) is 11.9. The van der Waals surface area contributed by atoms with Gasteiger partial charge in [-0.3, -0.25) is 0 Å². The minimum atomic E-state index is -0.962. The molecule has 0 saturated heterocycles. The van der Waals surface area contributed by atoms with Crippen LogP contribution in [-0.2, 0) is 10.9 Å². The van der Waals surface area contributed by atoms with Crippen molar-refractivity contribution in [2.45, 2.75) is 66.0 Å². The quantitative estimate of drug-likeness (QED) is 0.114. The van der Waals surface area contributed by atoms with Crippen molar-refractivity contribution in [2.24, 2.45) is 0 Å². The van der Waals surface area contributed by atoms with Gasteiger partial charge in [0.2, 0.25) is 0 Å². The van der Waals surface area contributed by atoms with Gasteiger partial charge in [-0.25, -0.2) is 17.6 Å². The molecule has 0 aliphatic carbocycles. The lowest BCUT2D eigenvalue weighted by molar-refractivity contribution is 0.499. The maximum Gasteiger partial charge on any atom is 0.183 e. The van der Waals surface area contributed by atoms with Gasteiger partial charge in [0.1, 0.15) is 10.9 Å². The molecular weight excluding hydrogens is 548 g/mol. The Labute approximate surface area is 235 Å². The van der Waals surface area contributed by atoms with E-state index >= 15 is 0 Å². The van der Waals surface area contributed by atoms with Gasteiger partial charge in [0, 0.05) is 18.0 Å². The lowest BCUT2D eigenvalue weighted by Crippen LogP contribution is -2.13. The van der Waals surface area contributed by atoms with Crippen LogP contribution in [0, 0.1) is 30.2 Å². The number of benzene rings is 4. The summed E-state index contributed by atoms with van der Waals surface area (Å²) in [6.07, 6.45) is 0. The van der Waals surface area contributed by atoms with Crippen LogP contribution in [0.15, 0.2) is 97.3 Å². The van der Waals surface area contributed by atoms with Crippen LogP contribution in [-0.4, -0.2) is 5.88 Å². The van der Waals surface area contributed by atoms with Gasteiger partial charge in [-0.2, -0.15) is 0 Å². The van der Waals surface area contributed by atoms with Crippen molar-refractivity contribution in [2.75, 3.05) is 5.88 Å². The molecule has 0 unspecified atom stereocenters. The van der Waals surface area contributed by atoms with Gasteiger partial charge >= 0.3 is 0 Å². The number of alkyl halides is 1. The topological polar surface area (TPSA) is 0 Å². The van der Waals surface area contributed by atoms with Crippen molar-refractivity contribution < 1.29 is 17.6 Å². The van der Waals surface area contributed by atoms with Crippen molar-refractivity contribution in [3.8, 4) is 11.1 Å². The van der Waals surface area contributed by atoms with E-state index in [-0.39, 0.29) is 0 Å². The van der Waals surface area contributed by atoms with Crippen molar-refractivity contribution in [3.05, 3.63) is 102 Å². The van der Waals surface area contributed by atoms with Gasteiger partial charge in [0.05, 0.1) is 9.79 Å². The molecule has 0 saturated carbocycles. The molecular formula is C31H32ClF4S2+. The van der Waals surface area contributed by atoms with Gasteiger partial charge in [-0.1, -0.05) is 76.2 Å². The number of aryl methyl sites for hydroxylation is 1. The highest BCUT2D eigenvalue weighted by molar-refractivity contribution is 8.04. The first-order valence-corrected chi connectivity index (χ1v) is 15.0. The molecule has 0 aromatic heterocycles. The average molecular weight is 580 g/mol. The molecule has 0 radical (unpaired) electrons. The predicted octanol–water partition coefficient (Wildman–Crippen LogP) is 11.1. The zero-order valence-corrected chi connectivity index (χ0v) is 24.7. The Morgan fingerprint density at radius 1 is 0.632 bits per heavy atom. The molecule has 0 spiro atoms. The Bertz CT molecular complexity index is 1270. The van der Waals surface area contributed by atoms with Gasteiger partial charge in [0.25, 0.3) is 0 Å². The molecule has 4 aromatic carbocycles. The summed E-state index contributed by atoms with van der Waals surface area (Å²) in [5.74, 6) is -3.12. The molecule has 1 aliphatic rings. The van der Waals surface area contributed by atoms with E-state index in [0.29, 0.717) is 19.6 Å². The largest absolute Gasteiger partial charge is 0.204 e. The normalized spacial score (nSPS) is 11.4. The summed E-state index contributed by atoms with van der Waals surface area (Å²) in [5, 5.41) is 0. The van der Waals surface area contributed by atoms with Crippen LogP contribution >= 0.6 is 23.4 Å². The van der Waals surface area contributed by atoms with E-state index in [2.05, 4.69) is 0 Å². The first kappa shape index (κ1) is 31.8. The molecule has 0 nitrogen and oxygen atoms in total. The predicted molar refractivity (Wildman–Crippen MR) is 155 cm³/mol.